The van der Waals surface area contributed by atoms with Gasteiger partial charge in [0.15, 0.2) is 0 Å². The summed E-state index contributed by atoms with van der Waals surface area (Å²) < 4.78 is 5.65. The second-order valence-electron chi connectivity index (χ2n) is 3.77. The molecule has 0 aliphatic carbocycles. The summed E-state index contributed by atoms with van der Waals surface area (Å²) in [6.45, 7) is 1.08. The summed E-state index contributed by atoms with van der Waals surface area (Å²) in [5.41, 5.74) is 0.621. The van der Waals surface area contributed by atoms with E-state index >= 15 is 0 Å². The Bertz CT molecular complexity index is 563. The van der Waals surface area contributed by atoms with Crippen LogP contribution >= 0.6 is 0 Å². The third kappa shape index (κ3) is 1.33. The highest BCUT2D eigenvalue weighted by molar-refractivity contribution is 6.04. The summed E-state index contributed by atoms with van der Waals surface area (Å²) in [5, 5.41) is 4.89. The Morgan fingerprint density at radius 1 is 1.12 bits per heavy atom. The van der Waals surface area contributed by atoms with Crippen molar-refractivity contribution in [2.24, 2.45) is 0 Å². The Balaban J connectivity index is 2.32. The molecule has 0 radical (unpaired) electrons. The van der Waals surface area contributed by atoms with Gasteiger partial charge in [-0.25, -0.2) is 0 Å². The van der Waals surface area contributed by atoms with Crippen molar-refractivity contribution in [3.63, 3.8) is 0 Å². The van der Waals surface area contributed by atoms with Crippen LogP contribution in [0.2, 0.25) is 0 Å². The van der Waals surface area contributed by atoms with Crippen LogP contribution in [0.25, 0.3) is 10.8 Å². The van der Waals surface area contributed by atoms with Crippen LogP contribution in [0.3, 0.4) is 0 Å². The van der Waals surface area contributed by atoms with Gasteiger partial charge in [0.25, 0.3) is 5.91 Å². The topological polar surface area (TPSA) is 38.3 Å². The van der Waals surface area contributed by atoms with Gasteiger partial charge >= 0.3 is 0 Å². The van der Waals surface area contributed by atoms with Crippen LogP contribution in [-0.4, -0.2) is 19.1 Å². The molecule has 2 aromatic carbocycles. The van der Waals surface area contributed by atoms with E-state index in [4.69, 9.17) is 4.74 Å². The van der Waals surface area contributed by atoms with E-state index in [9.17, 15) is 4.79 Å². The van der Waals surface area contributed by atoms with Crippen molar-refractivity contribution in [1.29, 1.82) is 0 Å². The van der Waals surface area contributed by atoms with Crippen LogP contribution < -0.4 is 10.1 Å². The van der Waals surface area contributed by atoms with E-state index in [1.165, 1.54) is 0 Å². The van der Waals surface area contributed by atoms with Gasteiger partial charge in [-0.1, -0.05) is 30.3 Å². The van der Waals surface area contributed by atoms with E-state index in [1.807, 2.05) is 36.4 Å². The molecule has 0 fully saturated rings. The normalized spacial score (nSPS) is 14.9. The molecule has 1 amide bonds. The van der Waals surface area contributed by atoms with Crippen molar-refractivity contribution in [3.8, 4) is 5.75 Å². The van der Waals surface area contributed by atoms with Gasteiger partial charge in [0.1, 0.15) is 12.4 Å². The van der Waals surface area contributed by atoms with Crippen molar-refractivity contribution >= 4 is 16.7 Å². The first-order valence-corrected chi connectivity index (χ1v) is 5.29. The Morgan fingerprint density at radius 3 is 2.94 bits per heavy atom. The third-order valence-electron chi connectivity index (χ3n) is 2.76. The molecular formula is C13H11NO2. The lowest BCUT2D eigenvalue weighted by atomic mass is 10.0. The molecule has 0 saturated carbocycles. The van der Waals surface area contributed by atoms with Gasteiger partial charge in [0.05, 0.1) is 12.1 Å². The molecule has 1 aliphatic heterocycles. The van der Waals surface area contributed by atoms with Crippen molar-refractivity contribution in [2.45, 2.75) is 0 Å². The first-order chi connectivity index (χ1) is 7.86. The number of hydrogen-bond donors (Lipinski definition) is 1. The van der Waals surface area contributed by atoms with E-state index in [2.05, 4.69) is 5.32 Å². The lowest BCUT2D eigenvalue weighted by Crippen LogP contribution is -2.24. The first-order valence-electron chi connectivity index (χ1n) is 5.29. The average Bonchev–Trinajstić information content (AvgIpc) is 2.52. The minimum Gasteiger partial charge on any atom is -0.490 e. The molecule has 3 nitrogen and oxygen atoms in total. The van der Waals surface area contributed by atoms with Crippen LogP contribution in [0.1, 0.15) is 10.4 Å². The molecule has 16 heavy (non-hydrogen) atoms. The van der Waals surface area contributed by atoms with Crippen molar-refractivity contribution in [3.05, 3.63) is 42.0 Å². The number of carbonyl (C=O) groups is 1. The molecule has 0 spiro atoms. The number of ether oxygens (including phenoxy) is 1. The van der Waals surface area contributed by atoms with Gasteiger partial charge in [0.2, 0.25) is 0 Å². The zero-order chi connectivity index (χ0) is 11.0. The largest absolute Gasteiger partial charge is 0.490 e. The molecule has 0 aromatic heterocycles. The number of fused-ring (bicyclic) bond motifs is 3. The summed E-state index contributed by atoms with van der Waals surface area (Å²) in [6.07, 6.45) is 0. The molecule has 1 N–H and O–H groups in total. The highest BCUT2D eigenvalue weighted by Gasteiger charge is 2.17. The van der Waals surface area contributed by atoms with Crippen molar-refractivity contribution < 1.29 is 9.53 Å². The Hall–Kier alpha value is -2.03. The van der Waals surface area contributed by atoms with Gasteiger partial charge in [0, 0.05) is 5.39 Å². The summed E-state index contributed by atoms with van der Waals surface area (Å²) in [6, 6.07) is 11.7. The quantitative estimate of drug-likeness (QED) is 0.726. The number of nitrogens with one attached hydrogen (secondary N) is 1. The summed E-state index contributed by atoms with van der Waals surface area (Å²) in [7, 11) is 0. The zero-order valence-electron chi connectivity index (χ0n) is 8.69. The van der Waals surface area contributed by atoms with Crippen molar-refractivity contribution in [1.82, 2.24) is 5.32 Å². The Morgan fingerprint density at radius 2 is 2.00 bits per heavy atom. The van der Waals surface area contributed by atoms with E-state index < -0.39 is 0 Å². The maximum absolute atomic E-state index is 11.8. The molecule has 0 bridgehead atoms. The van der Waals surface area contributed by atoms with Crippen LogP contribution in [0.4, 0.5) is 0 Å². The molecule has 80 valence electrons. The number of rotatable bonds is 0. The van der Waals surface area contributed by atoms with E-state index in [0.29, 0.717) is 24.5 Å². The number of hydrogen-bond acceptors (Lipinski definition) is 2. The molecule has 3 rings (SSSR count). The van der Waals surface area contributed by atoms with Gasteiger partial charge in [-0.15, -0.1) is 0 Å². The second-order valence-corrected chi connectivity index (χ2v) is 3.77. The highest BCUT2D eigenvalue weighted by atomic mass is 16.5. The summed E-state index contributed by atoms with van der Waals surface area (Å²) in [4.78, 5) is 11.8. The summed E-state index contributed by atoms with van der Waals surface area (Å²) in [5.74, 6) is 0.645. The molecule has 1 heterocycles. The van der Waals surface area contributed by atoms with Crippen LogP contribution in [0, 0.1) is 0 Å². The fourth-order valence-corrected chi connectivity index (χ4v) is 1.99. The van der Waals surface area contributed by atoms with Gasteiger partial charge < -0.3 is 10.1 Å². The second kappa shape index (κ2) is 3.52. The predicted octanol–water partition coefficient (Wildman–Crippen LogP) is 1.96. The standard InChI is InChI=1S/C13H11NO2/c15-13-11-6-5-9-3-1-2-4-10(9)12(11)16-8-7-14-13/h1-6H,7-8H2,(H,14,15). The van der Waals surface area contributed by atoms with Crippen LogP contribution in [-0.2, 0) is 0 Å². The number of carbonyl (C=O) groups excluding carboxylic acids is 1. The fraction of sp³-hybridized carbons (Fsp3) is 0.154. The van der Waals surface area contributed by atoms with Crippen molar-refractivity contribution in [2.75, 3.05) is 13.2 Å². The van der Waals surface area contributed by atoms with Gasteiger partial charge in [-0.2, -0.15) is 0 Å². The average molecular weight is 213 g/mol. The molecule has 0 atom stereocenters. The molecule has 0 saturated heterocycles. The van der Waals surface area contributed by atoms with Gasteiger partial charge in [-0.3, -0.25) is 4.79 Å². The SMILES string of the molecule is O=C1NCCOc2c1ccc1ccccc21. The van der Waals surface area contributed by atoms with Crippen LogP contribution in [0.5, 0.6) is 5.75 Å². The van der Waals surface area contributed by atoms with E-state index in [0.717, 1.165) is 10.8 Å². The molecule has 1 aliphatic rings. The predicted molar refractivity (Wildman–Crippen MR) is 61.8 cm³/mol. The smallest absolute Gasteiger partial charge is 0.255 e. The highest BCUT2D eigenvalue weighted by Crippen LogP contribution is 2.30. The number of amides is 1. The lowest BCUT2D eigenvalue weighted by Gasteiger charge is -2.08. The molecule has 0 unspecified atom stereocenters. The third-order valence-corrected chi connectivity index (χ3v) is 2.76. The minimum atomic E-state index is -0.0572. The maximum Gasteiger partial charge on any atom is 0.255 e. The summed E-state index contributed by atoms with van der Waals surface area (Å²) >= 11 is 0. The lowest BCUT2D eigenvalue weighted by molar-refractivity contribution is 0.0957. The fourth-order valence-electron chi connectivity index (χ4n) is 1.99. The van der Waals surface area contributed by atoms with Crippen LogP contribution in [0.15, 0.2) is 36.4 Å². The monoisotopic (exact) mass is 213 g/mol. The van der Waals surface area contributed by atoms with E-state index in [-0.39, 0.29) is 5.91 Å². The first kappa shape index (κ1) is 9.21. The maximum atomic E-state index is 11.8. The van der Waals surface area contributed by atoms with Gasteiger partial charge in [-0.05, 0) is 11.5 Å². The zero-order valence-corrected chi connectivity index (χ0v) is 8.69. The molecular weight excluding hydrogens is 202 g/mol. The molecule has 2 aromatic rings. The number of benzene rings is 2. The molecule has 3 heteroatoms. The minimum absolute atomic E-state index is 0.0572. The van der Waals surface area contributed by atoms with E-state index in [1.54, 1.807) is 0 Å². The Labute approximate surface area is 93.0 Å². The Kier molecular flexibility index (Phi) is 2.03.